The summed E-state index contributed by atoms with van der Waals surface area (Å²) in [5.74, 6) is 0.849. The number of carbonyl (C=O) groups excluding carboxylic acids is 1. The molecule has 1 rings (SSSR count). The van der Waals surface area contributed by atoms with Gasteiger partial charge in [0, 0.05) is 19.2 Å². The zero-order valence-corrected chi connectivity index (χ0v) is 9.19. The SMILES string of the molecule is CCN(CC)C(=O)CNCc1ccno1. The Morgan fingerprint density at radius 1 is 1.53 bits per heavy atom. The van der Waals surface area contributed by atoms with Crippen molar-refractivity contribution < 1.29 is 9.32 Å². The normalized spacial score (nSPS) is 10.3. The fraction of sp³-hybridized carbons (Fsp3) is 0.600. The predicted octanol–water partition coefficient (Wildman–Crippen LogP) is 0.633. The highest BCUT2D eigenvalue weighted by Gasteiger charge is 2.08. The van der Waals surface area contributed by atoms with Crippen molar-refractivity contribution in [3.63, 3.8) is 0 Å². The Balaban J connectivity index is 2.22. The minimum Gasteiger partial charge on any atom is -0.360 e. The van der Waals surface area contributed by atoms with Gasteiger partial charge in [-0.3, -0.25) is 4.79 Å². The lowest BCUT2D eigenvalue weighted by Gasteiger charge is -2.18. The van der Waals surface area contributed by atoms with Gasteiger partial charge < -0.3 is 14.7 Å². The van der Waals surface area contributed by atoms with Crippen LogP contribution < -0.4 is 5.32 Å². The number of hydrogen-bond acceptors (Lipinski definition) is 4. The first-order chi connectivity index (χ1) is 7.27. The summed E-state index contributed by atoms with van der Waals surface area (Å²) in [6, 6.07) is 1.77. The van der Waals surface area contributed by atoms with Crippen molar-refractivity contribution in [1.29, 1.82) is 0 Å². The van der Waals surface area contributed by atoms with E-state index < -0.39 is 0 Å². The number of hydrogen-bond donors (Lipinski definition) is 1. The maximum absolute atomic E-state index is 11.6. The van der Waals surface area contributed by atoms with Gasteiger partial charge in [0.05, 0.1) is 19.3 Å². The van der Waals surface area contributed by atoms with Gasteiger partial charge in [0.15, 0.2) is 0 Å². The van der Waals surface area contributed by atoms with Crippen molar-refractivity contribution in [1.82, 2.24) is 15.4 Å². The van der Waals surface area contributed by atoms with Crippen molar-refractivity contribution in [2.45, 2.75) is 20.4 Å². The summed E-state index contributed by atoms with van der Waals surface area (Å²) in [7, 11) is 0. The molecule has 0 aliphatic heterocycles. The van der Waals surface area contributed by atoms with Gasteiger partial charge in [-0.15, -0.1) is 0 Å². The second-order valence-electron chi connectivity index (χ2n) is 3.15. The summed E-state index contributed by atoms with van der Waals surface area (Å²) in [4.78, 5) is 13.3. The molecule has 1 N–H and O–H groups in total. The minimum absolute atomic E-state index is 0.111. The first-order valence-electron chi connectivity index (χ1n) is 5.16. The van der Waals surface area contributed by atoms with Crippen LogP contribution in [0.4, 0.5) is 0 Å². The lowest BCUT2D eigenvalue weighted by Crippen LogP contribution is -2.37. The van der Waals surface area contributed by atoms with E-state index in [4.69, 9.17) is 4.52 Å². The monoisotopic (exact) mass is 211 g/mol. The second kappa shape index (κ2) is 6.19. The standard InChI is InChI=1S/C10H17N3O2/c1-3-13(4-2)10(14)8-11-7-9-5-6-12-15-9/h5-6,11H,3-4,7-8H2,1-2H3. The van der Waals surface area contributed by atoms with E-state index in [1.807, 2.05) is 13.8 Å². The predicted molar refractivity (Wildman–Crippen MR) is 56.1 cm³/mol. The van der Waals surface area contributed by atoms with E-state index in [-0.39, 0.29) is 5.91 Å². The van der Waals surface area contributed by atoms with Crippen molar-refractivity contribution in [2.24, 2.45) is 0 Å². The van der Waals surface area contributed by atoms with Crippen molar-refractivity contribution >= 4 is 5.91 Å². The lowest BCUT2D eigenvalue weighted by atomic mass is 10.4. The van der Waals surface area contributed by atoms with Gasteiger partial charge in [-0.25, -0.2) is 0 Å². The third-order valence-electron chi connectivity index (χ3n) is 2.18. The van der Waals surface area contributed by atoms with Gasteiger partial charge in [0.1, 0.15) is 5.76 Å². The lowest BCUT2D eigenvalue weighted by molar-refractivity contribution is -0.129. The summed E-state index contributed by atoms with van der Waals surface area (Å²) < 4.78 is 4.89. The van der Waals surface area contributed by atoms with Crippen LogP contribution in [0.2, 0.25) is 0 Å². The molecule has 0 saturated heterocycles. The Morgan fingerprint density at radius 3 is 2.80 bits per heavy atom. The summed E-state index contributed by atoms with van der Waals surface area (Å²) >= 11 is 0. The van der Waals surface area contributed by atoms with E-state index in [0.717, 1.165) is 18.8 Å². The summed E-state index contributed by atoms with van der Waals surface area (Å²) in [6.07, 6.45) is 1.59. The molecule has 1 aromatic rings. The number of amides is 1. The molecular formula is C10H17N3O2. The molecular weight excluding hydrogens is 194 g/mol. The first kappa shape index (κ1) is 11.7. The molecule has 0 saturated carbocycles. The average Bonchev–Trinajstić information content (AvgIpc) is 2.72. The van der Waals surface area contributed by atoms with Crippen molar-refractivity contribution in [2.75, 3.05) is 19.6 Å². The van der Waals surface area contributed by atoms with Gasteiger partial charge in [0.25, 0.3) is 0 Å². The molecule has 0 unspecified atom stereocenters. The Morgan fingerprint density at radius 2 is 2.27 bits per heavy atom. The first-order valence-corrected chi connectivity index (χ1v) is 5.16. The highest BCUT2D eigenvalue weighted by atomic mass is 16.5. The molecule has 1 amide bonds. The van der Waals surface area contributed by atoms with Crippen LogP contribution in [0.15, 0.2) is 16.8 Å². The van der Waals surface area contributed by atoms with Gasteiger partial charge in [0.2, 0.25) is 5.91 Å². The third kappa shape index (κ3) is 3.71. The van der Waals surface area contributed by atoms with Gasteiger partial charge in [-0.2, -0.15) is 0 Å². The number of carbonyl (C=O) groups is 1. The van der Waals surface area contributed by atoms with Crippen LogP contribution in [-0.4, -0.2) is 35.6 Å². The molecule has 0 aromatic carbocycles. The fourth-order valence-corrected chi connectivity index (χ4v) is 1.31. The minimum atomic E-state index is 0.111. The van der Waals surface area contributed by atoms with Gasteiger partial charge >= 0.3 is 0 Å². The average molecular weight is 211 g/mol. The third-order valence-corrected chi connectivity index (χ3v) is 2.18. The molecule has 84 valence electrons. The number of rotatable bonds is 6. The summed E-state index contributed by atoms with van der Waals surface area (Å²) in [6.45, 7) is 6.31. The molecule has 5 heteroatoms. The van der Waals surface area contributed by atoms with Crippen LogP contribution in [-0.2, 0) is 11.3 Å². The summed E-state index contributed by atoms with van der Waals surface area (Å²) in [5.41, 5.74) is 0. The Labute approximate surface area is 89.4 Å². The largest absolute Gasteiger partial charge is 0.360 e. The summed E-state index contributed by atoms with van der Waals surface area (Å²) in [5, 5.41) is 6.59. The van der Waals surface area contributed by atoms with Gasteiger partial charge in [-0.1, -0.05) is 5.16 Å². The molecule has 5 nitrogen and oxygen atoms in total. The topological polar surface area (TPSA) is 58.4 Å². The number of nitrogens with zero attached hydrogens (tertiary/aromatic N) is 2. The van der Waals surface area contributed by atoms with E-state index in [9.17, 15) is 4.79 Å². The number of likely N-dealkylation sites (N-methyl/N-ethyl adjacent to an activating group) is 1. The van der Waals surface area contributed by atoms with Crippen LogP contribution in [0, 0.1) is 0 Å². The molecule has 0 aliphatic carbocycles. The van der Waals surface area contributed by atoms with E-state index in [0.29, 0.717) is 13.1 Å². The quantitative estimate of drug-likeness (QED) is 0.750. The van der Waals surface area contributed by atoms with E-state index in [2.05, 4.69) is 10.5 Å². The molecule has 1 heterocycles. The Hall–Kier alpha value is -1.36. The molecule has 0 fully saturated rings. The molecule has 0 spiro atoms. The molecule has 0 radical (unpaired) electrons. The molecule has 15 heavy (non-hydrogen) atoms. The van der Waals surface area contributed by atoms with Gasteiger partial charge in [-0.05, 0) is 13.8 Å². The highest BCUT2D eigenvalue weighted by molar-refractivity contribution is 5.78. The van der Waals surface area contributed by atoms with Crippen LogP contribution in [0.25, 0.3) is 0 Å². The molecule has 0 atom stereocenters. The number of aromatic nitrogens is 1. The number of nitrogens with one attached hydrogen (secondary N) is 1. The fourth-order valence-electron chi connectivity index (χ4n) is 1.31. The second-order valence-corrected chi connectivity index (χ2v) is 3.15. The zero-order valence-electron chi connectivity index (χ0n) is 9.19. The van der Waals surface area contributed by atoms with Crippen LogP contribution in [0.1, 0.15) is 19.6 Å². The van der Waals surface area contributed by atoms with Crippen LogP contribution in [0.5, 0.6) is 0 Å². The van der Waals surface area contributed by atoms with Crippen molar-refractivity contribution in [3.8, 4) is 0 Å². The molecule has 0 bridgehead atoms. The Bertz CT molecular complexity index is 281. The maximum Gasteiger partial charge on any atom is 0.236 e. The zero-order chi connectivity index (χ0) is 11.1. The van der Waals surface area contributed by atoms with E-state index >= 15 is 0 Å². The van der Waals surface area contributed by atoms with Crippen LogP contribution >= 0.6 is 0 Å². The highest BCUT2D eigenvalue weighted by Crippen LogP contribution is 1.95. The van der Waals surface area contributed by atoms with E-state index in [1.165, 1.54) is 0 Å². The smallest absolute Gasteiger partial charge is 0.236 e. The van der Waals surface area contributed by atoms with E-state index in [1.54, 1.807) is 17.2 Å². The maximum atomic E-state index is 11.6. The van der Waals surface area contributed by atoms with Crippen LogP contribution in [0.3, 0.4) is 0 Å². The van der Waals surface area contributed by atoms with Crippen molar-refractivity contribution in [3.05, 3.63) is 18.0 Å². The Kier molecular flexibility index (Phi) is 4.83. The molecule has 0 aliphatic rings. The molecule has 1 aromatic heterocycles.